The fourth-order valence-electron chi connectivity index (χ4n) is 0.813. The van der Waals surface area contributed by atoms with Crippen LogP contribution in [0.2, 0.25) is 5.02 Å². The van der Waals surface area contributed by atoms with Crippen molar-refractivity contribution >= 4 is 33.5 Å². The summed E-state index contributed by atoms with van der Waals surface area (Å²) < 4.78 is 5.53. The highest BCUT2D eigenvalue weighted by Gasteiger charge is 2.06. The molecule has 0 unspecified atom stereocenters. The van der Waals surface area contributed by atoms with Gasteiger partial charge in [0.25, 0.3) is 0 Å². The van der Waals surface area contributed by atoms with E-state index >= 15 is 0 Å². The van der Waals surface area contributed by atoms with Crippen molar-refractivity contribution in [2.45, 2.75) is 0 Å². The van der Waals surface area contributed by atoms with E-state index in [0.29, 0.717) is 15.1 Å². The molecule has 0 bridgehead atoms. The molecular weight excluding hydrogens is 267 g/mol. The average molecular weight is 276 g/mol. The lowest BCUT2D eigenvalue weighted by Gasteiger charge is -2.02. The summed E-state index contributed by atoms with van der Waals surface area (Å²) in [7, 11) is 0. The highest BCUT2D eigenvalue weighted by molar-refractivity contribution is 9.11. The van der Waals surface area contributed by atoms with Gasteiger partial charge in [-0.25, -0.2) is 4.79 Å². The zero-order valence-electron chi connectivity index (χ0n) is 7.30. The quantitative estimate of drug-likeness (QED) is 0.790. The van der Waals surface area contributed by atoms with Crippen molar-refractivity contribution in [2.24, 2.45) is 0 Å². The highest BCUT2D eigenvalue weighted by Crippen LogP contribution is 2.11. The fourth-order valence-corrected chi connectivity index (χ4v) is 1.05. The van der Waals surface area contributed by atoms with Crippen LogP contribution in [0.15, 0.2) is 35.3 Å². The van der Waals surface area contributed by atoms with E-state index in [2.05, 4.69) is 22.5 Å². The third-order valence-electron chi connectivity index (χ3n) is 1.44. The third kappa shape index (κ3) is 3.52. The molecule has 0 radical (unpaired) electrons. The SMILES string of the molecule is C=C(Br)COC(=O)c1ccc(Cl)cc1. The molecule has 2 nitrogen and oxygen atoms in total. The standard InChI is InChI=1S/C10H8BrClO2/c1-7(11)6-14-10(13)8-2-4-9(12)5-3-8/h2-5H,1,6H2. The van der Waals surface area contributed by atoms with Crippen LogP contribution in [-0.4, -0.2) is 12.6 Å². The van der Waals surface area contributed by atoms with Crippen molar-refractivity contribution in [3.05, 3.63) is 45.9 Å². The number of hydrogen-bond acceptors (Lipinski definition) is 2. The molecule has 1 aromatic rings. The van der Waals surface area contributed by atoms with E-state index in [0.717, 1.165) is 0 Å². The summed E-state index contributed by atoms with van der Waals surface area (Å²) in [4.78, 5) is 11.3. The van der Waals surface area contributed by atoms with Gasteiger partial charge in [-0.1, -0.05) is 34.1 Å². The van der Waals surface area contributed by atoms with Crippen molar-refractivity contribution < 1.29 is 9.53 Å². The Morgan fingerprint density at radius 1 is 1.43 bits per heavy atom. The number of carbonyl (C=O) groups excluding carboxylic acids is 1. The second-order valence-electron chi connectivity index (χ2n) is 2.60. The second-order valence-corrected chi connectivity index (χ2v) is 4.16. The first-order chi connectivity index (χ1) is 6.59. The van der Waals surface area contributed by atoms with Gasteiger partial charge in [0, 0.05) is 9.51 Å². The van der Waals surface area contributed by atoms with Gasteiger partial charge in [0.05, 0.1) is 5.56 Å². The Kier molecular flexibility index (Phi) is 4.17. The van der Waals surface area contributed by atoms with Gasteiger partial charge in [-0.05, 0) is 24.3 Å². The number of esters is 1. The molecule has 0 N–H and O–H groups in total. The number of ether oxygens (including phenoxy) is 1. The lowest BCUT2D eigenvalue weighted by atomic mass is 10.2. The van der Waals surface area contributed by atoms with Gasteiger partial charge >= 0.3 is 5.97 Å². The Bertz CT molecular complexity index is 346. The van der Waals surface area contributed by atoms with Crippen LogP contribution in [0, 0.1) is 0 Å². The predicted molar refractivity (Wildman–Crippen MR) is 59.8 cm³/mol. The van der Waals surface area contributed by atoms with Gasteiger partial charge in [-0.15, -0.1) is 0 Å². The van der Waals surface area contributed by atoms with E-state index in [9.17, 15) is 4.79 Å². The zero-order chi connectivity index (χ0) is 10.6. The number of benzene rings is 1. The predicted octanol–water partition coefficient (Wildman–Crippen LogP) is 3.41. The van der Waals surface area contributed by atoms with Crippen molar-refractivity contribution in [3.63, 3.8) is 0 Å². The molecule has 4 heteroatoms. The Labute approximate surface area is 95.6 Å². The second kappa shape index (κ2) is 5.17. The lowest BCUT2D eigenvalue weighted by Crippen LogP contribution is -2.05. The minimum absolute atomic E-state index is 0.168. The molecule has 74 valence electrons. The van der Waals surface area contributed by atoms with E-state index in [4.69, 9.17) is 16.3 Å². The minimum Gasteiger partial charge on any atom is -0.457 e. The molecule has 14 heavy (non-hydrogen) atoms. The average Bonchev–Trinajstić information content (AvgIpc) is 2.15. The van der Waals surface area contributed by atoms with Gasteiger partial charge in [0.15, 0.2) is 0 Å². The molecule has 0 aliphatic carbocycles. The first kappa shape index (κ1) is 11.3. The summed E-state index contributed by atoms with van der Waals surface area (Å²) in [6.07, 6.45) is 0. The summed E-state index contributed by atoms with van der Waals surface area (Å²) in [5.74, 6) is -0.387. The fraction of sp³-hybridized carbons (Fsp3) is 0.100. The largest absolute Gasteiger partial charge is 0.457 e. The Hall–Kier alpha value is -0.800. The molecule has 0 spiro atoms. The van der Waals surface area contributed by atoms with Gasteiger partial charge in [-0.2, -0.15) is 0 Å². The number of rotatable bonds is 3. The molecule has 1 rings (SSSR count). The smallest absolute Gasteiger partial charge is 0.338 e. The van der Waals surface area contributed by atoms with Crippen LogP contribution in [0.4, 0.5) is 0 Å². The maximum Gasteiger partial charge on any atom is 0.338 e. The van der Waals surface area contributed by atoms with Gasteiger partial charge in [-0.3, -0.25) is 0 Å². The molecular formula is C10H8BrClO2. The molecule has 0 atom stereocenters. The first-order valence-corrected chi connectivity index (χ1v) is 5.02. The van der Waals surface area contributed by atoms with Crippen molar-refractivity contribution in [1.82, 2.24) is 0 Å². The van der Waals surface area contributed by atoms with Gasteiger partial charge < -0.3 is 4.74 Å². The van der Waals surface area contributed by atoms with E-state index in [-0.39, 0.29) is 12.6 Å². The topological polar surface area (TPSA) is 26.3 Å². The van der Waals surface area contributed by atoms with Crippen LogP contribution in [0.1, 0.15) is 10.4 Å². The van der Waals surface area contributed by atoms with Crippen LogP contribution in [0.3, 0.4) is 0 Å². The lowest BCUT2D eigenvalue weighted by molar-refractivity contribution is 0.0547. The summed E-state index contributed by atoms with van der Waals surface area (Å²) in [5, 5.41) is 0.589. The van der Waals surface area contributed by atoms with E-state index in [1.54, 1.807) is 24.3 Å². The number of hydrogen-bond donors (Lipinski definition) is 0. The van der Waals surface area contributed by atoms with Gasteiger partial charge in [0.2, 0.25) is 0 Å². The van der Waals surface area contributed by atoms with Crippen LogP contribution in [0.5, 0.6) is 0 Å². The number of carbonyl (C=O) groups is 1. The summed E-state index contributed by atoms with van der Waals surface area (Å²) in [6, 6.07) is 6.51. The first-order valence-electron chi connectivity index (χ1n) is 3.85. The van der Waals surface area contributed by atoms with E-state index < -0.39 is 0 Å². The molecule has 0 saturated carbocycles. The monoisotopic (exact) mass is 274 g/mol. The summed E-state index contributed by atoms with van der Waals surface area (Å²) in [5.41, 5.74) is 0.475. The van der Waals surface area contributed by atoms with Crippen molar-refractivity contribution in [3.8, 4) is 0 Å². The van der Waals surface area contributed by atoms with Crippen molar-refractivity contribution in [1.29, 1.82) is 0 Å². The summed E-state index contributed by atoms with van der Waals surface area (Å²) in [6.45, 7) is 3.72. The maximum atomic E-state index is 11.3. The normalized spacial score (nSPS) is 9.57. The van der Waals surface area contributed by atoms with Crippen LogP contribution in [0.25, 0.3) is 0 Å². The molecule has 0 aromatic heterocycles. The van der Waals surface area contributed by atoms with Crippen LogP contribution >= 0.6 is 27.5 Å². The third-order valence-corrected chi connectivity index (χ3v) is 1.92. The zero-order valence-corrected chi connectivity index (χ0v) is 9.64. The molecule has 0 fully saturated rings. The van der Waals surface area contributed by atoms with Crippen LogP contribution < -0.4 is 0 Å². The Morgan fingerprint density at radius 3 is 2.50 bits per heavy atom. The molecule has 0 aliphatic rings. The molecule has 0 heterocycles. The van der Waals surface area contributed by atoms with Crippen molar-refractivity contribution in [2.75, 3.05) is 6.61 Å². The molecule has 0 amide bonds. The molecule has 1 aromatic carbocycles. The van der Waals surface area contributed by atoms with Gasteiger partial charge in [0.1, 0.15) is 6.61 Å². The summed E-state index contributed by atoms with van der Waals surface area (Å²) >= 11 is 8.76. The highest BCUT2D eigenvalue weighted by atomic mass is 79.9. The minimum atomic E-state index is -0.387. The van der Waals surface area contributed by atoms with Crippen LogP contribution in [-0.2, 0) is 4.74 Å². The Morgan fingerprint density at radius 2 is 2.00 bits per heavy atom. The van der Waals surface area contributed by atoms with E-state index in [1.165, 1.54) is 0 Å². The molecule has 0 saturated heterocycles. The number of halogens is 2. The van der Waals surface area contributed by atoms with E-state index in [1.807, 2.05) is 0 Å². The Balaban J connectivity index is 2.61. The maximum absolute atomic E-state index is 11.3. The molecule has 0 aliphatic heterocycles.